The van der Waals surface area contributed by atoms with Gasteiger partial charge in [0.15, 0.2) is 0 Å². The Hall–Kier alpha value is -1.13. The normalized spacial score (nSPS) is 23.9. The Morgan fingerprint density at radius 3 is 2.45 bits per heavy atom. The summed E-state index contributed by atoms with van der Waals surface area (Å²) in [5.74, 6) is 0.201. The van der Waals surface area contributed by atoms with Gasteiger partial charge in [0, 0.05) is 0 Å². The van der Waals surface area contributed by atoms with Crippen LogP contribution in [0.15, 0.2) is 24.3 Å². The van der Waals surface area contributed by atoms with E-state index in [4.69, 9.17) is 0 Å². The van der Waals surface area contributed by atoms with Crippen LogP contribution in [0.1, 0.15) is 69.6 Å². The van der Waals surface area contributed by atoms with E-state index in [0.29, 0.717) is 18.8 Å². The van der Waals surface area contributed by atoms with Crippen molar-refractivity contribution in [2.45, 2.75) is 57.6 Å². The van der Waals surface area contributed by atoms with Crippen molar-refractivity contribution in [2.24, 2.45) is 5.92 Å². The maximum absolute atomic E-state index is 12.3. The van der Waals surface area contributed by atoms with Gasteiger partial charge in [-0.05, 0) is 41.4 Å². The zero-order valence-corrected chi connectivity index (χ0v) is 14.7. The smallest absolute Gasteiger partial charge is 0.275 e. The monoisotopic (exact) mass is 322 g/mol. The largest absolute Gasteiger partial charge is 0.285 e. The van der Waals surface area contributed by atoms with Gasteiger partial charge < -0.3 is 0 Å². The summed E-state index contributed by atoms with van der Waals surface area (Å²) in [5, 5.41) is 0. The fourth-order valence-electron chi connectivity index (χ4n) is 3.54. The van der Waals surface area contributed by atoms with Crippen LogP contribution in [0.2, 0.25) is 0 Å². The van der Waals surface area contributed by atoms with Gasteiger partial charge in [-0.2, -0.15) is 8.42 Å². The molecule has 0 saturated carbocycles. The van der Waals surface area contributed by atoms with Gasteiger partial charge in [0.05, 0.1) is 0 Å². The quantitative estimate of drug-likeness (QED) is 0.796. The first kappa shape index (κ1) is 17.2. The molecule has 4 heteroatoms. The Balaban J connectivity index is 2.78. The fraction of sp³-hybridized carbons (Fsp3) is 0.556. The Bertz CT molecular complexity index is 676. The number of hydrogen-bond acceptors (Lipinski definition) is 2. The second-order valence-electron chi connectivity index (χ2n) is 6.40. The van der Waals surface area contributed by atoms with E-state index in [2.05, 4.69) is 19.9 Å². The summed E-state index contributed by atoms with van der Waals surface area (Å²) in [7, 11) is -4.21. The van der Waals surface area contributed by atoms with Crippen molar-refractivity contribution in [1.29, 1.82) is 0 Å². The summed E-state index contributed by atoms with van der Waals surface area (Å²) >= 11 is 0. The van der Waals surface area contributed by atoms with Crippen LogP contribution >= 0.6 is 0 Å². The summed E-state index contributed by atoms with van der Waals surface area (Å²) in [6.07, 6.45) is 5.93. The molecule has 0 saturated heterocycles. The minimum Gasteiger partial charge on any atom is -0.285 e. The van der Waals surface area contributed by atoms with Crippen LogP contribution in [-0.4, -0.2) is 13.0 Å². The summed E-state index contributed by atoms with van der Waals surface area (Å²) in [6.45, 7) is 8.15. The first-order valence-electron chi connectivity index (χ1n) is 8.06. The van der Waals surface area contributed by atoms with Crippen LogP contribution in [0.4, 0.5) is 0 Å². The Labute approximate surface area is 134 Å². The molecule has 2 rings (SSSR count). The number of fused-ring (bicyclic) bond motifs is 1. The topological polar surface area (TPSA) is 54.4 Å². The zero-order chi connectivity index (χ0) is 16.5. The predicted molar refractivity (Wildman–Crippen MR) is 91.5 cm³/mol. The third-order valence-electron chi connectivity index (χ3n) is 5.31. The van der Waals surface area contributed by atoms with Crippen LogP contribution in [0, 0.1) is 5.92 Å². The molecule has 1 N–H and O–H groups in total. The van der Waals surface area contributed by atoms with Gasteiger partial charge in [0.2, 0.25) is 0 Å². The van der Waals surface area contributed by atoms with Gasteiger partial charge in [-0.1, -0.05) is 64.5 Å². The highest BCUT2D eigenvalue weighted by Gasteiger charge is 2.50. The SMILES string of the molecule is CCC(C)c1cccc2c1C=CCC2(C(C)CC)S(=O)(=O)O. The van der Waals surface area contributed by atoms with Crippen LogP contribution in [0.25, 0.3) is 6.08 Å². The highest BCUT2D eigenvalue weighted by Crippen LogP contribution is 2.48. The van der Waals surface area contributed by atoms with E-state index >= 15 is 0 Å². The first-order valence-corrected chi connectivity index (χ1v) is 9.50. The molecule has 0 heterocycles. The van der Waals surface area contributed by atoms with E-state index in [1.54, 1.807) is 0 Å². The number of benzene rings is 1. The molecule has 0 amide bonds. The zero-order valence-electron chi connectivity index (χ0n) is 13.8. The lowest BCUT2D eigenvalue weighted by molar-refractivity contribution is 0.336. The minimum absolute atomic E-state index is 0.154. The van der Waals surface area contributed by atoms with Gasteiger partial charge in [0.25, 0.3) is 10.1 Å². The lowest BCUT2D eigenvalue weighted by Crippen LogP contribution is -2.43. The highest BCUT2D eigenvalue weighted by molar-refractivity contribution is 7.86. The summed E-state index contributed by atoms with van der Waals surface area (Å²) in [6, 6.07) is 5.85. The van der Waals surface area contributed by atoms with Crippen molar-refractivity contribution in [3.63, 3.8) is 0 Å². The molecule has 0 radical (unpaired) electrons. The third-order valence-corrected chi connectivity index (χ3v) is 7.02. The molecule has 0 spiro atoms. The summed E-state index contributed by atoms with van der Waals surface area (Å²) in [5.41, 5.74) is 2.89. The molecule has 0 aromatic heterocycles. The Morgan fingerprint density at radius 2 is 1.91 bits per heavy atom. The van der Waals surface area contributed by atoms with E-state index in [1.165, 1.54) is 0 Å². The van der Waals surface area contributed by atoms with E-state index < -0.39 is 14.9 Å². The van der Waals surface area contributed by atoms with E-state index in [-0.39, 0.29) is 5.92 Å². The second kappa shape index (κ2) is 6.17. The minimum atomic E-state index is -4.21. The maximum Gasteiger partial charge on any atom is 0.275 e. The molecule has 1 aromatic carbocycles. The van der Waals surface area contributed by atoms with Crippen LogP contribution < -0.4 is 0 Å². The average Bonchev–Trinajstić information content (AvgIpc) is 2.50. The van der Waals surface area contributed by atoms with Crippen molar-refractivity contribution in [2.75, 3.05) is 0 Å². The average molecular weight is 322 g/mol. The predicted octanol–water partition coefficient (Wildman–Crippen LogP) is 4.75. The third kappa shape index (κ3) is 2.52. The maximum atomic E-state index is 12.3. The second-order valence-corrected chi connectivity index (χ2v) is 8.08. The van der Waals surface area contributed by atoms with E-state index in [9.17, 15) is 13.0 Å². The summed E-state index contributed by atoms with van der Waals surface area (Å²) < 4.78 is 33.5. The number of allylic oxidation sites excluding steroid dienone is 1. The first-order chi connectivity index (χ1) is 10.3. The molecule has 3 unspecified atom stereocenters. The standard InChI is InChI=1S/C18H26O3S/c1-5-13(3)15-9-7-11-17-16(15)10-8-12-18(17,14(4)6-2)22(19,20)21/h7-11,13-14H,5-6,12H2,1-4H3,(H,19,20,21). The fourth-order valence-corrected chi connectivity index (χ4v) is 4.98. The molecule has 1 aliphatic carbocycles. The Morgan fingerprint density at radius 1 is 1.23 bits per heavy atom. The molecule has 0 bridgehead atoms. The van der Waals surface area contributed by atoms with Crippen molar-refractivity contribution in [3.05, 3.63) is 41.0 Å². The molecule has 3 atom stereocenters. The molecule has 1 aliphatic rings. The van der Waals surface area contributed by atoms with E-state index in [0.717, 1.165) is 23.1 Å². The molecule has 0 aliphatic heterocycles. The lowest BCUT2D eigenvalue weighted by atomic mass is 9.75. The highest BCUT2D eigenvalue weighted by atomic mass is 32.2. The van der Waals surface area contributed by atoms with Crippen LogP contribution in [-0.2, 0) is 14.9 Å². The van der Waals surface area contributed by atoms with Gasteiger partial charge in [0.1, 0.15) is 4.75 Å². The number of hydrogen-bond donors (Lipinski definition) is 1. The molecule has 3 nitrogen and oxygen atoms in total. The number of rotatable bonds is 5. The molecule has 0 fully saturated rings. The van der Waals surface area contributed by atoms with Crippen LogP contribution in [0.3, 0.4) is 0 Å². The molecule has 1 aromatic rings. The molecular formula is C18H26O3S. The van der Waals surface area contributed by atoms with Crippen molar-refractivity contribution < 1.29 is 13.0 Å². The van der Waals surface area contributed by atoms with Gasteiger partial charge in [-0.25, -0.2) is 0 Å². The van der Waals surface area contributed by atoms with E-state index in [1.807, 2.05) is 38.1 Å². The van der Waals surface area contributed by atoms with Crippen molar-refractivity contribution >= 4 is 16.2 Å². The van der Waals surface area contributed by atoms with Crippen LogP contribution in [0.5, 0.6) is 0 Å². The van der Waals surface area contributed by atoms with Gasteiger partial charge >= 0.3 is 0 Å². The summed E-state index contributed by atoms with van der Waals surface area (Å²) in [4.78, 5) is 0. The van der Waals surface area contributed by atoms with Gasteiger partial charge in [-0.3, -0.25) is 4.55 Å². The molecular weight excluding hydrogens is 296 g/mol. The molecule has 22 heavy (non-hydrogen) atoms. The molecule has 122 valence electrons. The van der Waals surface area contributed by atoms with Gasteiger partial charge in [-0.15, -0.1) is 0 Å². The lowest BCUT2D eigenvalue weighted by Gasteiger charge is -2.39. The van der Waals surface area contributed by atoms with Crippen molar-refractivity contribution in [3.8, 4) is 0 Å². The van der Waals surface area contributed by atoms with Crippen molar-refractivity contribution in [1.82, 2.24) is 0 Å². The Kier molecular flexibility index (Phi) is 4.83.